The van der Waals surface area contributed by atoms with Crippen LogP contribution in [-0.2, 0) is 14.3 Å². The minimum atomic E-state index is -0.698. The Labute approximate surface area is 104 Å². The molecule has 0 aliphatic rings. The topological polar surface area (TPSA) is 92.1 Å². The van der Waals surface area contributed by atoms with Crippen molar-refractivity contribution in [2.75, 3.05) is 7.11 Å². The lowest BCUT2D eigenvalue weighted by Gasteiger charge is -2.02. The van der Waals surface area contributed by atoms with Crippen LogP contribution in [0.3, 0.4) is 0 Å². The molecule has 0 radical (unpaired) electrons. The van der Waals surface area contributed by atoms with E-state index in [0.29, 0.717) is 11.3 Å². The monoisotopic (exact) mass is 245 g/mol. The van der Waals surface area contributed by atoms with Gasteiger partial charge in [-0.2, -0.15) is 0 Å². The highest BCUT2D eigenvalue weighted by Gasteiger charge is 2.14. The van der Waals surface area contributed by atoms with Crippen LogP contribution in [-0.4, -0.2) is 18.9 Å². The van der Waals surface area contributed by atoms with Gasteiger partial charge in [-0.05, 0) is 30.2 Å². The summed E-state index contributed by atoms with van der Waals surface area (Å²) >= 11 is 0. The first-order valence-electron chi connectivity index (χ1n) is 5.04. The van der Waals surface area contributed by atoms with Gasteiger partial charge in [0.15, 0.2) is 5.78 Å². The molecule has 6 nitrogen and oxygen atoms in total. The maximum absolute atomic E-state index is 11.4. The number of esters is 1. The van der Waals surface area contributed by atoms with Crippen molar-refractivity contribution in [2.45, 2.75) is 6.92 Å². The van der Waals surface area contributed by atoms with Crippen molar-refractivity contribution in [1.29, 1.82) is 0 Å². The molecule has 0 N–H and O–H groups in total. The Balaban J connectivity index is 3.19. The van der Waals surface area contributed by atoms with E-state index in [4.69, 9.17) is 5.53 Å². The van der Waals surface area contributed by atoms with Gasteiger partial charge in [-0.1, -0.05) is 23.3 Å². The number of carbonyl (C=O) groups excluding carboxylic acids is 2. The van der Waals surface area contributed by atoms with Crippen LogP contribution in [0.2, 0.25) is 0 Å². The number of azide groups is 1. The van der Waals surface area contributed by atoms with E-state index >= 15 is 0 Å². The van der Waals surface area contributed by atoms with Crippen molar-refractivity contribution in [1.82, 2.24) is 0 Å². The van der Waals surface area contributed by atoms with E-state index in [0.717, 1.165) is 0 Å². The second-order valence-corrected chi connectivity index (χ2v) is 3.39. The summed E-state index contributed by atoms with van der Waals surface area (Å²) in [7, 11) is 1.20. The summed E-state index contributed by atoms with van der Waals surface area (Å²) in [6.07, 6.45) is 1.39. The number of hydrogen-bond donors (Lipinski definition) is 0. The smallest absolute Gasteiger partial charge is 0.341 e. The van der Waals surface area contributed by atoms with E-state index in [-0.39, 0.29) is 5.57 Å². The van der Waals surface area contributed by atoms with Crippen LogP contribution < -0.4 is 0 Å². The third-order valence-corrected chi connectivity index (χ3v) is 2.13. The molecule has 92 valence electrons. The van der Waals surface area contributed by atoms with Crippen LogP contribution in [0.5, 0.6) is 0 Å². The number of ketones is 1. The fraction of sp³-hybridized carbons (Fsp3) is 0.167. The fourth-order valence-corrected chi connectivity index (χ4v) is 1.31. The highest BCUT2D eigenvalue weighted by Crippen LogP contribution is 2.17. The molecule has 0 unspecified atom stereocenters. The summed E-state index contributed by atoms with van der Waals surface area (Å²) in [5.41, 5.74) is 9.24. The second kappa shape index (κ2) is 6.22. The molecule has 0 amide bonds. The Hall–Kier alpha value is -2.59. The molecule has 1 rings (SSSR count). The van der Waals surface area contributed by atoms with Crippen LogP contribution in [0.15, 0.2) is 35.0 Å². The van der Waals surface area contributed by atoms with Gasteiger partial charge >= 0.3 is 5.97 Å². The summed E-state index contributed by atoms with van der Waals surface area (Å²) in [6.45, 7) is 1.28. The van der Waals surface area contributed by atoms with Crippen molar-refractivity contribution in [3.05, 3.63) is 45.8 Å². The Kier molecular flexibility index (Phi) is 4.66. The predicted molar refractivity (Wildman–Crippen MR) is 65.9 cm³/mol. The number of ether oxygens (including phenoxy) is 1. The van der Waals surface area contributed by atoms with E-state index in [1.165, 1.54) is 20.1 Å². The van der Waals surface area contributed by atoms with Crippen LogP contribution in [0.1, 0.15) is 12.5 Å². The number of Topliss-reactive ketones (excluding diaryl/α,β-unsaturated/α-hetero) is 1. The van der Waals surface area contributed by atoms with Crippen molar-refractivity contribution >= 4 is 23.5 Å². The molecule has 0 spiro atoms. The standard InChI is InChI=1S/C12H11N3O3/c1-8(16)11(12(17)18-2)7-9-4-3-5-10(6-9)14-15-13/h3-7H,1-2H3/b11-7+. The summed E-state index contributed by atoms with van der Waals surface area (Å²) in [6, 6.07) is 6.52. The SMILES string of the molecule is COC(=O)/C(=C/c1cccc(N=[N+]=[N-])c1)C(C)=O. The second-order valence-electron chi connectivity index (χ2n) is 3.39. The molecular weight excluding hydrogens is 234 g/mol. The molecule has 0 bridgehead atoms. The number of hydrogen-bond acceptors (Lipinski definition) is 4. The van der Waals surface area contributed by atoms with E-state index in [9.17, 15) is 9.59 Å². The van der Waals surface area contributed by atoms with E-state index < -0.39 is 11.8 Å². The molecule has 0 aliphatic carbocycles. The van der Waals surface area contributed by atoms with Gasteiger partial charge in [-0.3, -0.25) is 4.79 Å². The number of methoxy groups -OCH3 is 1. The van der Waals surface area contributed by atoms with Gasteiger partial charge in [0, 0.05) is 10.6 Å². The van der Waals surface area contributed by atoms with Crippen molar-refractivity contribution in [2.24, 2.45) is 5.11 Å². The largest absolute Gasteiger partial charge is 0.465 e. The minimum absolute atomic E-state index is 0.0596. The van der Waals surface area contributed by atoms with Gasteiger partial charge in [0.2, 0.25) is 0 Å². The normalized spacial score (nSPS) is 10.4. The molecule has 0 heterocycles. The molecule has 0 aliphatic heterocycles. The third-order valence-electron chi connectivity index (χ3n) is 2.13. The maximum Gasteiger partial charge on any atom is 0.341 e. The van der Waals surface area contributed by atoms with Crippen LogP contribution in [0.25, 0.3) is 16.5 Å². The molecule has 0 saturated heterocycles. The van der Waals surface area contributed by atoms with Crippen LogP contribution in [0.4, 0.5) is 5.69 Å². The van der Waals surface area contributed by atoms with Gasteiger partial charge in [0.05, 0.1) is 7.11 Å². The third kappa shape index (κ3) is 3.47. The maximum atomic E-state index is 11.4. The molecule has 0 aromatic heterocycles. The molecule has 0 fully saturated rings. The zero-order valence-electron chi connectivity index (χ0n) is 9.95. The number of rotatable bonds is 4. The van der Waals surface area contributed by atoms with E-state index in [2.05, 4.69) is 14.8 Å². The summed E-state index contributed by atoms with van der Waals surface area (Å²) < 4.78 is 4.51. The van der Waals surface area contributed by atoms with Crippen molar-refractivity contribution in [3.63, 3.8) is 0 Å². The van der Waals surface area contributed by atoms with Crippen LogP contribution >= 0.6 is 0 Å². The molecular formula is C12H11N3O3. The minimum Gasteiger partial charge on any atom is -0.465 e. The number of nitrogens with zero attached hydrogens (tertiary/aromatic N) is 3. The highest BCUT2D eigenvalue weighted by atomic mass is 16.5. The first-order valence-corrected chi connectivity index (χ1v) is 5.04. The lowest BCUT2D eigenvalue weighted by molar-refractivity contribution is -0.137. The van der Waals surface area contributed by atoms with Gasteiger partial charge in [0.25, 0.3) is 0 Å². The zero-order chi connectivity index (χ0) is 13.5. The van der Waals surface area contributed by atoms with Crippen molar-refractivity contribution < 1.29 is 14.3 Å². The number of benzene rings is 1. The fourth-order valence-electron chi connectivity index (χ4n) is 1.31. The first kappa shape index (κ1) is 13.5. The summed E-state index contributed by atoms with van der Waals surface area (Å²) in [5, 5.41) is 3.43. The average Bonchev–Trinajstić information content (AvgIpc) is 2.35. The molecule has 0 saturated carbocycles. The van der Waals surface area contributed by atoms with Gasteiger partial charge < -0.3 is 4.74 Å². The van der Waals surface area contributed by atoms with Crippen molar-refractivity contribution in [3.8, 4) is 0 Å². The molecule has 6 heteroatoms. The summed E-state index contributed by atoms with van der Waals surface area (Å²) in [5.74, 6) is -1.09. The predicted octanol–water partition coefficient (Wildman–Crippen LogP) is 2.77. The Bertz CT molecular complexity index is 557. The lowest BCUT2D eigenvalue weighted by Crippen LogP contribution is -2.11. The number of carbonyl (C=O) groups is 2. The molecule has 0 atom stereocenters. The molecule has 1 aromatic rings. The highest BCUT2D eigenvalue weighted by molar-refractivity contribution is 6.19. The lowest BCUT2D eigenvalue weighted by atomic mass is 10.1. The molecule has 18 heavy (non-hydrogen) atoms. The first-order chi connectivity index (χ1) is 8.58. The Morgan fingerprint density at radius 2 is 2.17 bits per heavy atom. The quantitative estimate of drug-likeness (QED) is 0.155. The zero-order valence-corrected chi connectivity index (χ0v) is 9.95. The van der Waals surface area contributed by atoms with Crippen LogP contribution in [0, 0.1) is 0 Å². The van der Waals surface area contributed by atoms with E-state index in [1.807, 2.05) is 0 Å². The van der Waals surface area contributed by atoms with Gasteiger partial charge in [-0.15, -0.1) is 0 Å². The summed E-state index contributed by atoms with van der Waals surface area (Å²) in [4.78, 5) is 25.3. The average molecular weight is 245 g/mol. The Morgan fingerprint density at radius 1 is 1.44 bits per heavy atom. The molecule has 1 aromatic carbocycles. The van der Waals surface area contributed by atoms with E-state index in [1.54, 1.807) is 24.3 Å². The Morgan fingerprint density at radius 3 is 2.72 bits per heavy atom. The van der Waals surface area contributed by atoms with Gasteiger partial charge in [0.1, 0.15) is 5.57 Å². The van der Waals surface area contributed by atoms with Gasteiger partial charge in [-0.25, -0.2) is 4.79 Å².